The number of amides is 1. The van der Waals surface area contributed by atoms with Gasteiger partial charge in [0.05, 0.1) is 6.04 Å². The highest BCUT2D eigenvalue weighted by Gasteiger charge is 2.54. The summed E-state index contributed by atoms with van der Waals surface area (Å²) >= 11 is 0. The molecule has 4 aliphatic heterocycles. The number of fused-ring (bicyclic) bond motifs is 2. The third kappa shape index (κ3) is 2.98. The van der Waals surface area contributed by atoms with E-state index in [0.29, 0.717) is 36.9 Å². The van der Waals surface area contributed by atoms with E-state index in [1.807, 2.05) is 6.07 Å². The lowest BCUT2D eigenvalue weighted by molar-refractivity contribution is -0.136. The van der Waals surface area contributed by atoms with E-state index in [4.69, 9.17) is 0 Å². The summed E-state index contributed by atoms with van der Waals surface area (Å²) in [5, 5.41) is 0. The van der Waals surface area contributed by atoms with Crippen molar-refractivity contribution in [3.63, 3.8) is 0 Å². The van der Waals surface area contributed by atoms with Crippen LogP contribution in [0.15, 0.2) is 59.5 Å². The molecule has 0 saturated carbocycles. The summed E-state index contributed by atoms with van der Waals surface area (Å²) in [6.45, 7) is 3.58. The number of likely N-dealkylation sites (tertiary alicyclic amines) is 1. The Kier molecular flexibility index (Phi) is 4.55. The molecule has 4 fully saturated rings. The molecule has 0 N–H and O–H groups in total. The maximum absolute atomic E-state index is 13.2. The number of aromatic nitrogens is 1. The highest BCUT2D eigenvalue weighted by molar-refractivity contribution is 5.77. The van der Waals surface area contributed by atoms with Gasteiger partial charge in [-0.25, -0.2) is 0 Å². The Balaban J connectivity index is 1.39. The number of pyridine rings is 1. The molecule has 2 aromatic rings. The van der Waals surface area contributed by atoms with Crippen molar-refractivity contribution in [3.8, 4) is 0 Å². The number of piperidine rings is 3. The highest BCUT2D eigenvalue weighted by Crippen LogP contribution is 2.46. The van der Waals surface area contributed by atoms with Gasteiger partial charge in [0, 0.05) is 43.7 Å². The summed E-state index contributed by atoms with van der Waals surface area (Å²) in [4.78, 5) is 30.0. The fraction of sp³-hybridized carbons (Fsp3) is 0.478. The van der Waals surface area contributed by atoms with Crippen molar-refractivity contribution in [2.45, 2.75) is 43.8 Å². The van der Waals surface area contributed by atoms with E-state index in [0.717, 1.165) is 19.6 Å². The summed E-state index contributed by atoms with van der Waals surface area (Å²) in [6, 6.07) is 16.6. The molecule has 146 valence electrons. The smallest absolute Gasteiger partial charge is 0.250 e. The first-order valence-electron chi connectivity index (χ1n) is 10.5. The highest BCUT2D eigenvalue weighted by atomic mass is 16.2. The molecular formula is C23H27N3O2. The molecular weight excluding hydrogens is 350 g/mol. The predicted molar refractivity (Wildman–Crippen MR) is 108 cm³/mol. The summed E-state index contributed by atoms with van der Waals surface area (Å²) in [5.41, 5.74) is 1.30. The van der Waals surface area contributed by atoms with Crippen LogP contribution in [0.4, 0.5) is 0 Å². The zero-order chi connectivity index (χ0) is 19.1. The van der Waals surface area contributed by atoms with Crippen molar-refractivity contribution in [1.29, 1.82) is 0 Å². The first kappa shape index (κ1) is 17.7. The van der Waals surface area contributed by atoms with Crippen molar-refractivity contribution in [3.05, 3.63) is 70.6 Å². The largest absolute Gasteiger partial charge is 0.337 e. The van der Waals surface area contributed by atoms with Crippen molar-refractivity contribution >= 4 is 5.91 Å². The zero-order valence-electron chi connectivity index (χ0n) is 16.1. The molecule has 0 radical (unpaired) electrons. The van der Waals surface area contributed by atoms with Crippen LogP contribution in [-0.2, 0) is 11.3 Å². The third-order valence-corrected chi connectivity index (χ3v) is 7.01. The van der Waals surface area contributed by atoms with Crippen LogP contribution in [0.3, 0.4) is 0 Å². The Bertz CT molecular complexity index is 901. The molecule has 0 unspecified atom stereocenters. The summed E-state index contributed by atoms with van der Waals surface area (Å²) in [6.07, 6.45) is 4.56. The van der Waals surface area contributed by atoms with Gasteiger partial charge >= 0.3 is 0 Å². The Morgan fingerprint density at radius 1 is 0.964 bits per heavy atom. The normalized spacial score (nSPS) is 31.0. The lowest BCUT2D eigenvalue weighted by atomic mass is 9.75. The molecule has 0 aliphatic carbocycles. The lowest BCUT2D eigenvalue weighted by Gasteiger charge is -2.51. The van der Waals surface area contributed by atoms with Gasteiger partial charge in [0.25, 0.3) is 5.56 Å². The Hall–Kier alpha value is -2.40. The number of carbonyl (C=O) groups excluding carboxylic acids is 1. The third-order valence-electron chi connectivity index (χ3n) is 7.01. The fourth-order valence-corrected chi connectivity index (χ4v) is 5.70. The SMILES string of the molecule is O=C(CCn1ccccc1=O)N1C[C@H](c2ccccc2)[C@H]2[C@@H]1C1CCN2CC1. The quantitative estimate of drug-likeness (QED) is 0.822. The van der Waals surface area contributed by atoms with Gasteiger partial charge in [-0.3, -0.25) is 14.5 Å². The van der Waals surface area contributed by atoms with E-state index in [1.165, 1.54) is 18.4 Å². The van der Waals surface area contributed by atoms with Gasteiger partial charge < -0.3 is 9.47 Å². The number of aryl methyl sites for hydroxylation is 1. The van der Waals surface area contributed by atoms with E-state index in [-0.39, 0.29) is 11.5 Å². The first-order chi connectivity index (χ1) is 13.7. The van der Waals surface area contributed by atoms with Crippen LogP contribution < -0.4 is 5.56 Å². The van der Waals surface area contributed by atoms with E-state index >= 15 is 0 Å². The monoisotopic (exact) mass is 377 g/mol. The van der Waals surface area contributed by atoms with Gasteiger partial charge in [-0.2, -0.15) is 0 Å². The second-order valence-corrected chi connectivity index (χ2v) is 8.40. The van der Waals surface area contributed by atoms with Crippen LogP contribution in [0.2, 0.25) is 0 Å². The Morgan fingerprint density at radius 2 is 1.71 bits per heavy atom. The number of nitrogens with zero attached hydrogens (tertiary/aromatic N) is 3. The molecule has 1 amide bonds. The zero-order valence-corrected chi connectivity index (χ0v) is 16.1. The predicted octanol–water partition coefficient (Wildman–Crippen LogP) is 2.33. The van der Waals surface area contributed by atoms with Crippen molar-refractivity contribution in [1.82, 2.24) is 14.4 Å². The number of hydrogen-bond donors (Lipinski definition) is 0. The van der Waals surface area contributed by atoms with Crippen LogP contribution in [0.1, 0.15) is 30.7 Å². The van der Waals surface area contributed by atoms with E-state index in [9.17, 15) is 9.59 Å². The van der Waals surface area contributed by atoms with Crippen LogP contribution in [0, 0.1) is 5.92 Å². The molecule has 4 saturated heterocycles. The maximum atomic E-state index is 13.2. The Morgan fingerprint density at radius 3 is 2.46 bits per heavy atom. The van der Waals surface area contributed by atoms with E-state index in [2.05, 4.69) is 40.1 Å². The molecule has 6 rings (SSSR count). The second-order valence-electron chi connectivity index (χ2n) is 8.40. The summed E-state index contributed by atoms with van der Waals surface area (Å²) in [5.74, 6) is 1.20. The standard InChI is InChI=1S/C23H27N3O2/c27-20-8-4-5-12-24(20)15-11-21(28)26-16-19(17-6-2-1-3-7-17)23-22(26)18-9-13-25(23)14-10-18/h1-8,12,18-19,22-23H,9-11,13-16H2/t19-,22+,23+/m1/s1. The van der Waals surface area contributed by atoms with Crippen molar-refractivity contribution < 1.29 is 4.79 Å². The summed E-state index contributed by atoms with van der Waals surface area (Å²) in [7, 11) is 0. The van der Waals surface area contributed by atoms with Gasteiger partial charge in [0.2, 0.25) is 5.91 Å². The molecule has 1 aromatic carbocycles. The molecule has 5 heteroatoms. The van der Waals surface area contributed by atoms with Crippen molar-refractivity contribution in [2.75, 3.05) is 19.6 Å². The molecule has 3 atom stereocenters. The van der Waals surface area contributed by atoms with E-state index < -0.39 is 0 Å². The van der Waals surface area contributed by atoms with Crippen LogP contribution in [0.5, 0.6) is 0 Å². The number of benzene rings is 1. The van der Waals surface area contributed by atoms with Crippen LogP contribution in [-0.4, -0.2) is 52.0 Å². The first-order valence-corrected chi connectivity index (χ1v) is 10.5. The minimum Gasteiger partial charge on any atom is -0.337 e. The van der Waals surface area contributed by atoms with Crippen LogP contribution in [0.25, 0.3) is 0 Å². The minimum absolute atomic E-state index is 0.0420. The fourth-order valence-electron chi connectivity index (χ4n) is 5.70. The van der Waals surface area contributed by atoms with Crippen molar-refractivity contribution in [2.24, 2.45) is 5.92 Å². The van der Waals surface area contributed by atoms with Gasteiger partial charge in [-0.1, -0.05) is 36.4 Å². The van der Waals surface area contributed by atoms with Gasteiger partial charge in [-0.15, -0.1) is 0 Å². The average Bonchev–Trinajstić information content (AvgIpc) is 3.17. The van der Waals surface area contributed by atoms with Gasteiger partial charge in [0.1, 0.15) is 0 Å². The summed E-state index contributed by atoms with van der Waals surface area (Å²) < 4.78 is 1.64. The molecule has 5 nitrogen and oxygen atoms in total. The van der Waals surface area contributed by atoms with E-state index in [1.54, 1.807) is 22.9 Å². The minimum atomic E-state index is -0.0420. The topological polar surface area (TPSA) is 45.6 Å². The number of carbonyl (C=O) groups is 1. The molecule has 28 heavy (non-hydrogen) atoms. The molecule has 4 aliphatic rings. The Labute approximate surface area is 165 Å². The molecule has 0 spiro atoms. The maximum Gasteiger partial charge on any atom is 0.250 e. The molecule has 2 bridgehead atoms. The second kappa shape index (κ2) is 7.21. The number of rotatable bonds is 4. The van der Waals surface area contributed by atoms with Gasteiger partial charge in [0.15, 0.2) is 0 Å². The molecule has 1 aromatic heterocycles. The van der Waals surface area contributed by atoms with Gasteiger partial charge in [-0.05, 0) is 43.5 Å². The number of hydrogen-bond acceptors (Lipinski definition) is 3. The van der Waals surface area contributed by atoms with Crippen LogP contribution >= 0.6 is 0 Å². The lowest BCUT2D eigenvalue weighted by Crippen LogP contribution is -2.60. The average molecular weight is 377 g/mol. The molecule has 5 heterocycles.